The third kappa shape index (κ3) is 5.88. The molecule has 168 valence electrons. The molecule has 0 atom stereocenters. The largest absolute Gasteiger partial charge is 0.385 e. The summed E-state index contributed by atoms with van der Waals surface area (Å²) in [4.78, 5) is 24.0. The zero-order valence-corrected chi connectivity index (χ0v) is 18.8. The van der Waals surface area contributed by atoms with E-state index >= 15 is 0 Å². The number of carbonyl (C=O) groups excluding carboxylic acids is 1. The lowest BCUT2D eigenvalue weighted by Crippen LogP contribution is -2.31. The molecule has 7 heteroatoms. The summed E-state index contributed by atoms with van der Waals surface area (Å²) >= 11 is 0. The average Bonchev–Trinajstić information content (AvgIpc) is 2.80. The van der Waals surface area contributed by atoms with Gasteiger partial charge in [0.05, 0.1) is 11.3 Å². The second kappa shape index (κ2) is 11.3. The second-order valence-corrected chi connectivity index (χ2v) is 7.52. The van der Waals surface area contributed by atoms with Crippen LogP contribution in [-0.2, 0) is 11.3 Å². The van der Waals surface area contributed by atoms with Crippen LogP contribution < -0.4 is 5.32 Å². The molecule has 32 heavy (non-hydrogen) atoms. The summed E-state index contributed by atoms with van der Waals surface area (Å²) < 4.78 is 19.7. The number of carbonyl (C=O) groups is 1. The molecule has 1 aromatic heterocycles. The fourth-order valence-corrected chi connectivity index (χ4v) is 3.43. The summed E-state index contributed by atoms with van der Waals surface area (Å²) in [5.41, 5.74) is 2.98. The number of ether oxygens (including phenoxy) is 1. The summed E-state index contributed by atoms with van der Waals surface area (Å²) in [6, 6.07) is 14.4. The van der Waals surface area contributed by atoms with E-state index in [0.29, 0.717) is 32.2 Å². The highest BCUT2D eigenvalue weighted by Crippen LogP contribution is 2.26. The van der Waals surface area contributed by atoms with Gasteiger partial charge in [-0.3, -0.25) is 4.79 Å². The van der Waals surface area contributed by atoms with E-state index < -0.39 is 5.82 Å². The second-order valence-electron chi connectivity index (χ2n) is 7.52. The number of aryl methyl sites for hydroxylation is 1. The fraction of sp³-hybridized carbons (Fsp3) is 0.320. The number of methoxy groups -OCH3 is 1. The number of benzene rings is 2. The highest BCUT2D eigenvalue weighted by molar-refractivity contribution is 5.99. The summed E-state index contributed by atoms with van der Waals surface area (Å²) in [5.74, 6) is -0.330. The van der Waals surface area contributed by atoms with Crippen LogP contribution in [0.15, 0.2) is 54.7 Å². The van der Waals surface area contributed by atoms with Crippen molar-refractivity contribution in [3.8, 4) is 11.3 Å². The first kappa shape index (κ1) is 23.3. The zero-order valence-electron chi connectivity index (χ0n) is 18.8. The standard InChI is InChI=1S/C25H29FN4O2/c1-4-30(17-19-10-7-9-18(2)15-19)24(31)21-16-28-25(27-13-8-14-32-3)29-23(21)20-11-5-6-12-22(20)26/h5-7,9-12,15-16H,4,8,13-14,17H2,1-3H3,(H,27,28,29). The van der Waals surface area contributed by atoms with Crippen molar-refractivity contribution in [3.05, 3.63) is 77.2 Å². The fourth-order valence-electron chi connectivity index (χ4n) is 3.43. The maximum Gasteiger partial charge on any atom is 0.257 e. The Morgan fingerprint density at radius 1 is 1.19 bits per heavy atom. The molecule has 0 saturated carbocycles. The number of anilines is 1. The number of rotatable bonds is 10. The molecule has 0 fully saturated rings. The van der Waals surface area contributed by atoms with Gasteiger partial charge in [-0.2, -0.15) is 0 Å². The minimum absolute atomic E-state index is 0.238. The maximum absolute atomic E-state index is 14.7. The lowest BCUT2D eigenvalue weighted by Gasteiger charge is -2.22. The van der Waals surface area contributed by atoms with Gasteiger partial charge in [-0.15, -0.1) is 0 Å². The van der Waals surface area contributed by atoms with E-state index in [-0.39, 0.29) is 22.7 Å². The Morgan fingerprint density at radius 3 is 2.72 bits per heavy atom. The van der Waals surface area contributed by atoms with Gasteiger partial charge in [-0.25, -0.2) is 14.4 Å². The summed E-state index contributed by atoms with van der Waals surface area (Å²) in [5, 5.41) is 3.11. The molecule has 0 aliphatic rings. The number of nitrogens with zero attached hydrogens (tertiary/aromatic N) is 3. The van der Waals surface area contributed by atoms with E-state index in [0.717, 1.165) is 17.5 Å². The highest BCUT2D eigenvalue weighted by Gasteiger charge is 2.23. The number of aromatic nitrogens is 2. The molecule has 0 aliphatic carbocycles. The van der Waals surface area contributed by atoms with Gasteiger partial charge in [-0.05, 0) is 38.0 Å². The minimum Gasteiger partial charge on any atom is -0.385 e. The molecule has 0 spiro atoms. The number of hydrogen-bond donors (Lipinski definition) is 1. The first-order valence-electron chi connectivity index (χ1n) is 10.7. The van der Waals surface area contributed by atoms with Crippen LogP contribution in [0.3, 0.4) is 0 Å². The van der Waals surface area contributed by atoms with E-state index in [2.05, 4.69) is 21.4 Å². The number of halogens is 1. The first-order chi connectivity index (χ1) is 15.5. The zero-order chi connectivity index (χ0) is 22.9. The van der Waals surface area contributed by atoms with Crippen molar-refractivity contribution in [2.24, 2.45) is 0 Å². The molecule has 0 unspecified atom stereocenters. The predicted octanol–water partition coefficient (Wildman–Crippen LogP) is 4.70. The van der Waals surface area contributed by atoms with E-state index in [1.807, 2.05) is 32.0 Å². The van der Waals surface area contributed by atoms with Crippen molar-refractivity contribution in [1.82, 2.24) is 14.9 Å². The van der Waals surface area contributed by atoms with Crippen molar-refractivity contribution in [2.45, 2.75) is 26.8 Å². The number of hydrogen-bond acceptors (Lipinski definition) is 5. The van der Waals surface area contributed by atoms with Crippen LogP contribution in [0.1, 0.15) is 34.8 Å². The van der Waals surface area contributed by atoms with Crippen molar-refractivity contribution in [1.29, 1.82) is 0 Å². The monoisotopic (exact) mass is 436 g/mol. The molecule has 0 aliphatic heterocycles. The summed E-state index contributed by atoms with van der Waals surface area (Å²) in [6.45, 7) is 6.10. The van der Waals surface area contributed by atoms with Crippen LogP contribution in [0.2, 0.25) is 0 Å². The quantitative estimate of drug-likeness (QED) is 0.467. The SMILES string of the molecule is CCN(Cc1cccc(C)c1)C(=O)c1cnc(NCCCOC)nc1-c1ccccc1F. The summed E-state index contributed by atoms with van der Waals surface area (Å²) in [7, 11) is 1.64. The summed E-state index contributed by atoms with van der Waals surface area (Å²) in [6.07, 6.45) is 2.25. The molecule has 1 heterocycles. The molecule has 6 nitrogen and oxygen atoms in total. The first-order valence-corrected chi connectivity index (χ1v) is 10.7. The lowest BCUT2D eigenvalue weighted by atomic mass is 10.0. The van der Waals surface area contributed by atoms with Crippen LogP contribution in [0, 0.1) is 12.7 Å². The molecular formula is C25H29FN4O2. The Balaban J connectivity index is 1.94. The van der Waals surface area contributed by atoms with Gasteiger partial charge in [0.2, 0.25) is 5.95 Å². The van der Waals surface area contributed by atoms with Crippen LogP contribution in [0.5, 0.6) is 0 Å². The molecule has 3 aromatic rings. The van der Waals surface area contributed by atoms with Crippen molar-refractivity contribution < 1.29 is 13.9 Å². The van der Waals surface area contributed by atoms with E-state index in [4.69, 9.17) is 4.74 Å². The van der Waals surface area contributed by atoms with Gasteiger partial charge < -0.3 is 15.0 Å². The van der Waals surface area contributed by atoms with E-state index in [9.17, 15) is 9.18 Å². The Bertz CT molecular complexity index is 1060. The molecule has 2 aromatic carbocycles. The van der Waals surface area contributed by atoms with Gasteiger partial charge in [0, 0.05) is 45.1 Å². The molecule has 1 N–H and O–H groups in total. The molecule has 1 amide bonds. The lowest BCUT2D eigenvalue weighted by molar-refractivity contribution is 0.0752. The third-order valence-electron chi connectivity index (χ3n) is 5.08. The molecule has 0 saturated heterocycles. The Hall–Kier alpha value is -3.32. The predicted molar refractivity (Wildman–Crippen MR) is 124 cm³/mol. The Labute approximate surface area is 188 Å². The number of nitrogens with one attached hydrogen (secondary N) is 1. The van der Waals surface area contributed by atoms with E-state index in [1.54, 1.807) is 30.2 Å². The van der Waals surface area contributed by atoms with Crippen molar-refractivity contribution >= 4 is 11.9 Å². The van der Waals surface area contributed by atoms with Gasteiger partial charge in [0.15, 0.2) is 0 Å². The topological polar surface area (TPSA) is 67.4 Å². The molecule has 0 bridgehead atoms. The van der Waals surface area contributed by atoms with Gasteiger partial charge in [0.1, 0.15) is 5.82 Å². The van der Waals surface area contributed by atoms with E-state index in [1.165, 1.54) is 12.3 Å². The Morgan fingerprint density at radius 2 is 2.00 bits per heavy atom. The molecule has 3 rings (SSSR count). The highest BCUT2D eigenvalue weighted by atomic mass is 19.1. The smallest absolute Gasteiger partial charge is 0.257 e. The normalized spacial score (nSPS) is 10.8. The van der Waals surface area contributed by atoms with Crippen LogP contribution >= 0.6 is 0 Å². The van der Waals surface area contributed by atoms with Gasteiger partial charge in [0.25, 0.3) is 5.91 Å². The van der Waals surface area contributed by atoms with Crippen molar-refractivity contribution in [3.63, 3.8) is 0 Å². The maximum atomic E-state index is 14.7. The van der Waals surface area contributed by atoms with Crippen LogP contribution in [0.4, 0.5) is 10.3 Å². The Kier molecular flexibility index (Phi) is 8.27. The van der Waals surface area contributed by atoms with Crippen LogP contribution in [-0.4, -0.2) is 47.6 Å². The van der Waals surface area contributed by atoms with Crippen molar-refractivity contribution in [2.75, 3.05) is 32.1 Å². The van der Waals surface area contributed by atoms with Gasteiger partial charge >= 0.3 is 0 Å². The van der Waals surface area contributed by atoms with Gasteiger partial charge in [-0.1, -0.05) is 42.0 Å². The third-order valence-corrected chi connectivity index (χ3v) is 5.08. The van der Waals surface area contributed by atoms with Crippen LogP contribution in [0.25, 0.3) is 11.3 Å². The molecule has 0 radical (unpaired) electrons. The minimum atomic E-state index is -0.438. The average molecular weight is 437 g/mol. The number of amides is 1. The molecular weight excluding hydrogens is 407 g/mol.